The van der Waals surface area contributed by atoms with Crippen molar-refractivity contribution in [2.24, 2.45) is 0 Å². The van der Waals surface area contributed by atoms with Crippen molar-refractivity contribution in [1.82, 2.24) is 5.32 Å². The minimum absolute atomic E-state index is 0.0350. The van der Waals surface area contributed by atoms with Crippen molar-refractivity contribution < 1.29 is 31.1 Å². The number of morpholine rings is 1. The SMILES string of the molecule is FC(F)(F)c1cccc(Br)c1.FC(F)(F)c1cccc(C[C@H]2CNCCO2)c1. The molecule has 0 aromatic heterocycles. The lowest BCUT2D eigenvalue weighted by Gasteiger charge is -2.23. The Balaban J connectivity index is 0.000000221. The van der Waals surface area contributed by atoms with Gasteiger partial charge in [0.05, 0.1) is 23.8 Å². The van der Waals surface area contributed by atoms with Crippen LogP contribution in [0.5, 0.6) is 0 Å². The van der Waals surface area contributed by atoms with Crippen LogP contribution in [0.1, 0.15) is 16.7 Å². The van der Waals surface area contributed by atoms with Gasteiger partial charge in [-0.2, -0.15) is 26.3 Å². The number of ether oxygens (including phenoxy) is 1. The van der Waals surface area contributed by atoms with Crippen LogP contribution >= 0.6 is 15.9 Å². The van der Waals surface area contributed by atoms with Gasteiger partial charge in [0.25, 0.3) is 0 Å². The van der Waals surface area contributed by atoms with Crippen LogP contribution in [-0.4, -0.2) is 25.8 Å². The molecule has 1 saturated heterocycles. The molecular weight excluding hydrogens is 452 g/mol. The van der Waals surface area contributed by atoms with Crippen LogP contribution in [0, 0.1) is 0 Å². The van der Waals surface area contributed by atoms with Crippen molar-refractivity contribution >= 4 is 15.9 Å². The van der Waals surface area contributed by atoms with E-state index in [9.17, 15) is 26.3 Å². The number of hydrogen-bond acceptors (Lipinski definition) is 2. The van der Waals surface area contributed by atoms with E-state index in [1.165, 1.54) is 18.2 Å². The second-order valence-electron chi connectivity index (χ2n) is 6.11. The molecule has 0 spiro atoms. The highest BCUT2D eigenvalue weighted by Crippen LogP contribution is 2.31. The third-order valence-electron chi connectivity index (χ3n) is 3.87. The summed E-state index contributed by atoms with van der Waals surface area (Å²) in [4.78, 5) is 0. The van der Waals surface area contributed by atoms with E-state index in [1.54, 1.807) is 12.1 Å². The monoisotopic (exact) mass is 469 g/mol. The molecule has 0 amide bonds. The standard InChI is InChI=1S/C12H14F3NO.C7H4BrF3/c13-12(14,15)10-3-1-2-9(6-10)7-11-8-16-4-5-17-11;8-6-3-1-2-5(4-6)7(9,10)11/h1-3,6,11,16H,4-5,7-8H2;1-4H/t11-;/m0./s1. The van der Waals surface area contributed by atoms with E-state index in [4.69, 9.17) is 4.74 Å². The molecule has 1 fully saturated rings. The predicted molar refractivity (Wildman–Crippen MR) is 96.9 cm³/mol. The van der Waals surface area contributed by atoms with Crippen LogP contribution < -0.4 is 5.32 Å². The van der Waals surface area contributed by atoms with E-state index in [0.717, 1.165) is 24.7 Å². The van der Waals surface area contributed by atoms with Crippen LogP contribution in [0.4, 0.5) is 26.3 Å². The quantitative estimate of drug-likeness (QED) is 0.569. The molecule has 0 aliphatic carbocycles. The molecule has 154 valence electrons. The fourth-order valence-electron chi connectivity index (χ4n) is 2.55. The van der Waals surface area contributed by atoms with E-state index >= 15 is 0 Å². The number of alkyl halides is 6. The fourth-order valence-corrected chi connectivity index (χ4v) is 2.95. The zero-order valence-corrected chi connectivity index (χ0v) is 16.2. The molecule has 1 aliphatic rings. The fraction of sp³-hybridized carbons (Fsp3) is 0.368. The van der Waals surface area contributed by atoms with Crippen molar-refractivity contribution in [1.29, 1.82) is 0 Å². The van der Waals surface area contributed by atoms with Gasteiger partial charge in [-0.15, -0.1) is 0 Å². The summed E-state index contributed by atoms with van der Waals surface area (Å²) >= 11 is 2.95. The van der Waals surface area contributed by atoms with Crippen LogP contribution in [0.25, 0.3) is 0 Å². The maximum absolute atomic E-state index is 12.5. The molecular formula is C19H18BrF6NO. The maximum atomic E-state index is 12.5. The van der Waals surface area contributed by atoms with Gasteiger partial charge in [0.15, 0.2) is 0 Å². The molecule has 0 saturated carbocycles. The van der Waals surface area contributed by atoms with Gasteiger partial charge in [-0.3, -0.25) is 0 Å². The zero-order chi connectivity index (χ0) is 20.8. The van der Waals surface area contributed by atoms with E-state index < -0.39 is 23.5 Å². The summed E-state index contributed by atoms with van der Waals surface area (Å²) < 4.78 is 79.3. The van der Waals surface area contributed by atoms with Gasteiger partial charge in [-0.05, 0) is 36.2 Å². The first-order valence-corrected chi connectivity index (χ1v) is 9.16. The predicted octanol–water partition coefficient (Wildman–Crippen LogP) is 5.70. The molecule has 1 atom stereocenters. The van der Waals surface area contributed by atoms with E-state index in [2.05, 4.69) is 21.2 Å². The van der Waals surface area contributed by atoms with Crippen molar-refractivity contribution in [3.8, 4) is 0 Å². The van der Waals surface area contributed by atoms with Crippen molar-refractivity contribution in [3.05, 3.63) is 69.7 Å². The third-order valence-corrected chi connectivity index (χ3v) is 4.37. The minimum atomic E-state index is -4.28. The van der Waals surface area contributed by atoms with Crippen LogP contribution in [0.3, 0.4) is 0 Å². The highest BCUT2D eigenvalue weighted by atomic mass is 79.9. The zero-order valence-electron chi connectivity index (χ0n) is 14.6. The summed E-state index contributed by atoms with van der Waals surface area (Å²) in [5.41, 5.74) is -0.570. The lowest BCUT2D eigenvalue weighted by atomic mass is 10.0. The number of hydrogen-bond donors (Lipinski definition) is 1. The van der Waals surface area contributed by atoms with Gasteiger partial charge in [0, 0.05) is 17.6 Å². The number of halogens is 7. The third kappa shape index (κ3) is 7.44. The highest BCUT2D eigenvalue weighted by molar-refractivity contribution is 9.10. The largest absolute Gasteiger partial charge is 0.416 e. The average molecular weight is 470 g/mol. The Morgan fingerprint density at radius 3 is 2.04 bits per heavy atom. The highest BCUT2D eigenvalue weighted by Gasteiger charge is 2.31. The Hall–Kier alpha value is -1.58. The molecule has 28 heavy (non-hydrogen) atoms. The van der Waals surface area contributed by atoms with Crippen molar-refractivity contribution in [2.75, 3.05) is 19.7 Å². The number of benzene rings is 2. The second kappa shape index (κ2) is 9.76. The Kier molecular flexibility index (Phi) is 7.91. The molecule has 3 rings (SSSR count). The topological polar surface area (TPSA) is 21.3 Å². The summed E-state index contributed by atoms with van der Waals surface area (Å²) in [7, 11) is 0. The summed E-state index contributed by atoms with van der Waals surface area (Å²) in [5.74, 6) is 0. The molecule has 1 aliphatic heterocycles. The number of nitrogens with one attached hydrogen (secondary N) is 1. The Morgan fingerprint density at radius 1 is 0.929 bits per heavy atom. The van der Waals surface area contributed by atoms with Crippen LogP contribution in [-0.2, 0) is 23.5 Å². The van der Waals surface area contributed by atoms with Gasteiger partial charge in [-0.1, -0.05) is 40.2 Å². The van der Waals surface area contributed by atoms with Gasteiger partial charge in [-0.25, -0.2) is 0 Å². The van der Waals surface area contributed by atoms with Gasteiger partial charge in [0.1, 0.15) is 0 Å². The molecule has 2 nitrogen and oxygen atoms in total. The first-order chi connectivity index (χ1) is 13.1. The normalized spacial score (nSPS) is 17.6. The van der Waals surface area contributed by atoms with Crippen LogP contribution in [0.15, 0.2) is 53.0 Å². The Morgan fingerprint density at radius 2 is 1.54 bits per heavy atom. The van der Waals surface area contributed by atoms with Crippen molar-refractivity contribution in [2.45, 2.75) is 24.9 Å². The van der Waals surface area contributed by atoms with Gasteiger partial charge in [0.2, 0.25) is 0 Å². The minimum Gasteiger partial charge on any atom is -0.375 e. The lowest BCUT2D eigenvalue weighted by Crippen LogP contribution is -2.39. The van der Waals surface area contributed by atoms with Crippen LogP contribution in [0.2, 0.25) is 0 Å². The van der Waals surface area contributed by atoms with E-state index in [1.807, 2.05) is 0 Å². The number of rotatable bonds is 2. The summed E-state index contributed by atoms with van der Waals surface area (Å²) in [6.07, 6.45) is -8.05. The Labute approximate surface area is 167 Å². The maximum Gasteiger partial charge on any atom is 0.416 e. The lowest BCUT2D eigenvalue weighted by molar-refractivity contribution is -0.138. The molecule has 1 heterocycles. The second-order valence-corrected chi connectivity index (χ2v) is 7.02. The molecule has 0 bridgehead atoms. The average Bonchev–Trinajstić information content (AvgIpc) is 2.62. The summed E-state index contributed by atoms with van der Waals surface area (Å²) in [6.45, 7) is 2.11. The summed E-state index contributed by atoms with van der Waals surface area (Å²) in [5, 5.41) is 3.15. The van der Waals surface area contributed by atoms with Crippen molar-refractivity contribution in [3.63, 3.8) is 0 Å². The molecule has 2 aromatic carbocycles. The van der Waals surface area contributed by atoms with E-state index in [-0.39, 0.29) is 6.10 Å². The molecule has 9 heteroatoms. The molecule has 2 aromatic rings. The summed E-state index contributed by atoms with van der Waals surface area (Å²) in [6, 6.07) is 10.4. The first-order valence-electron chi connectivity index (χ1n) is 8.37. The first kappa shape index (κ1) is 22.7. The van der Waals surface area contributed by atoms with Gasteiger partial charge >= 0.3 is 12.4 Å². The smallest absolute Gasteiger partial charge is 0.375 e. The molecule has 1 N–H and O–H groups in total. The van der Waals surface area contributed by atoms with E-state index in [0.29, 0.717) is 29.6 Å². The Bertz CT molecular complexity index is 757. The molecule has 0 radical (unpaired) electrons. The van der Waals surface area contributed by atoms with Gasteiger partial charge < -0.3 is 10.1 Å². The molecule has 0 unspecified atom stereocenters.